The molecule has 2 rings (SSSR count). The molecule has 0 aliphatic rings. The maximum Gasteiger partial charge on any atom is 0.416 e. The second-order valence-electron chi connectivity index (χ2n) is 4.55. The van der Waals surface area contributed by atoms with Crippen molar-refractivity contribution in [1.29, 1.82) is 0 Å². The summed E-state index contributed by atoms with van der Waals surface area (Å²) >= 11 is 0. The van der Waals surface area contributed by atoms with Gasteiger partial charge in [-0.2, -0.15) is 13.2 Å². The third-order valence-electron chi connectivity index (χ3n) is 3.30. The van der Waals surface area contributed by atoms with Crippen molar-refractivity contribution in [2.24, 2.45) is 5.73 Å². The van der Waals surface area contributed by atoms with E-state index in [-0.39, 0.29) is 6.54 Å². The summed E-state index contributed by atoms with van der Waals surface area (Å²) < 4.78 is 41.7. The molecule has 7 heteroatoms. The van der Waals surface area contributed by atoms with Crippen LogP contribution in [0.1, 0.15) is 18.3 Å². The number of halogens is 3. The molecule has 0 unspecified atom stereocenters. The second-order valence-corrected chi connectivity index (χ2v) is 4.55. The highest BCUT2D eigenvalue weighted by Crippen LogP contribution is 2.31. The highest BCUT2D eigenvalue weighted by molar-refractivity contribution is 5.78. The molecule has 0 saturated carbocycles. The van der Waals surface area contributed by atoms with E-state index in [1.54, 1.807) is 6.92 Å². The van der Waals surface area contributed by atoms with E-state index in [1.807, 2.05) is 11.5 Å². The summed E-state index contributed by atoms with van der Waals surface area (Å²) in [5.74, 6) is 0.103. The van der Waals surface area contributed by atoms with Gasteiger partial charge in [0, 0.05) is 13.0 Å². The molecule has 0 atom stereocenters. The molecule has 2 N–H and O–H groups in total. The molecule has 0 aliphatic heterocycles. The number of amides is 1. The Balaban J connectivity index is 2.75. The standard InChI is InChI=1S/C13H14F3N3O/c1-3-18-8(2)19(7-12(17)20)11-6-9(13(14,15)16)4-5-10(11)18/h4-6H,3,7H2,1-2H3,(H-,17,20)/p+1. The van der Waals surface area contributed by atoms with Crippen LogP contribution < -0.4 is 10.3 Å². The lowest BCUT2D eigenvalue weighted by molar-refractivity contribution is -0.674. The normalized spacial score (nSPS) is 12.1. The number of nitrogens with two attached hydrogens (primary N) is 1. The predicted molar refractivity (Wildman–Crippen MR) is 66.7 cm³/mol. The third kappa shape index (κ3) is 2.35. The number of fused-ring (bicyclic) bond motifs is 1. The molecule has 1 aromatic heterocycles. The number of aryl methyl sites for hydroxylation is 1. The van der Waals surface area contributed by atoms with Gasteiger partial charge in [0.25, 0.3) is 11.7 Å². The Morgan fingerprint density at radius 3 is 2.55 bits per heavy atom. The first-order chi connectivity index (χ1) is 9.25. The van der Waals surface area contributed by atoms with Crippen molar-refractivity contribution in [3.63, 3.8) is 0 Å². The Labute approximate surface area is 113 Å². The maximum absolute atomic E-state index is 12.8. The van der Waals surface area contributed by atoms with Crippen molar-refractivity contribution in [3.8, 4) is 0 Å². The number of alkyl halides is 3. The molecule has 0 spiro atoms. The molecule has 0 fully saturated rings. The van der Waals surface area contributed by atoms with Crippen LogP contribution in [0.2, 0.25) is 0 Å². The van der Waals surface area contributed by atoms with E-state index in [9.17, 15) is 18.0 Å². The van der Waals surface area contributed by atoms with E-state index in [4.69, 9.17) is 5.73 Å². The number of primary amides is 1. The van der Waals surface area contributed by atoms with E-state index in [1.165, 1.54) is 10.6 Å². The molecule has 4 nitrogen and oxygen atoms in total. The summed E-state index contributed by atoms with van der Waals surface area (Å²) in [6.45, 7) is 4.09. The zero-order valence-electron chi connectivity index (χ0n) is 11.2. The molecular weight excluding hydrogens is 271 g/mol. The van der Waals surface area contributed by atoms with Gasteiger partial charge < -0.3 is 5.73 Å². The Morgan fingerprint density at radius 2 is 2.05 bits per heavy atom. The van der Waals surface area contributed by atoms with E-state index < -0.39 is 17.6 Å². The van der Waals surface area contributed by atoms with Crippen LogP contribution in [0.4, 0.5) is 13.2 Å². The van der Waals surface area contributed by atoms with Crippen molar-refractivity contribution in [2.75, 3.05) is 0 Å². The summed E-state index contributed by atoms with van der Waals surface area (Å²) in [6, 6.07) is 3.52. The number of aromatic nitrogens is 2. The zero-order chi connectivity index (χ0) is 15.1. The molecule has 20 heavy (non-hydrogen) atoms. The Bertz CT molecular complexity index is 674. The van der Waals surface area contributed by atoms with Crippen molar-refractivity contribution in [3.05, 3.63) is 29.6 Å². The van der Waals surface area contributed by atoms with Gasteiger partial charge in [0.1, 0.15) is 0 Å². The van der Waals surface area contributed by atoms with Gasteiger partial charge in [-0.05, 0) is 19.1 Å². The molecule has 1 amide bonds. The molecule has 0 bridgehead atoms. The molecule has 1 aromatic carbocycles. The maximum atomic E-state index is 12.8. The van der Waals surface area contributed by atoms with E-state index in [2.05, 4.69) is 0 Å². The highest BCUT2D eigenvalue weighted by atomic mass is 19.4. The van der Waals surface area contributed by atoms with E-state index in [0.717, 1.165) is 12.1 Å². The monoisotopic (exact) mass is 286 g/mol. The zero-order valence-corrected chi connectivity index (χ0v) is 11.2. The predicted octanol–water partition coefficient (Wildman–Crippen LogP) is 1.76. The molecule has 2 aromatic rings. The number of carbonyl (C=O) groups is 1. The van der Waals surface area contributed by atoms with Crippen LogP contribution in [0.5, 0.6) is 0 Å². The summed E-state index contributed by atoms with van der Waals surface area (Å²) in [5, 5.41) is 0. The van der Waals surface area contributed by atoms with E-state index >= 15 is 0 Å². The molecule has 0 saturated heterocycles. The lowest BCUT2D eigenvalue weighted by atomic mass is 10.2. The number of nitrogens with zero attached hydrogens (tertiary/aromatic N) is 2. The quantitative estimate of drug-likeness (QED) is 0.859. The first-order valence-electron chi connectivity index (χ1n) is 6.14. The van der Waals surface area contributed by atoms with Crippen LogP contribution in [-0.2, 0) is 24.1 Å². The molecule has 1 heterocycles. The molecule has 0 aliphatic carbocycles. The number of hydrogen-bond donors (Lipinski definition) is 1. The average Bonchev–Trinajstić information content (AvgIpc) is 2.60. The molecular formula is C13H15F3N3O+. The van der Waals surface area contributed by atoms with Gasteiger partial charge in [-0.1, -0.05) is 0 Å². The van der Waals surface area contributed by atoms with E-state index in [0.29, 0.717) is 23.4 Å². The smallest absolute Gasteiger partial charge is 0.366 e. The Morgan fingerprint density at radius 1 is 1.40 bits per heavy atom. The van der Waals surface area contributed by atoms with Gasteiger partial charge in [0.15, 0.2) is 17.6 Å². The second kappa shape index (κ2) is 4.81. The van der Waals surface area contributed by atoms with Gasteiger partial charge in [0.05, 0.1) is 12.1 Å². The number of hydrogen-bond acceptors (Lipinski definition) is 1. The fourth-order valence-corrected chi connectivity index (χ4v) is 2.39. The highest BCUT2D eigenvalue weighted by Gasteiger charge is 2.33. The van der Waals surface area contributed by atoms with Crippen molar-refractivity contribution in [2.45, 2.75) is 33.1 Å². The van der Waals surface area contributed by atoms with Gasteiger partial charge in [-0.15, -0.1) is 0 Å². The largest absolute Gasteiger partial charge is 0.416 e. The number of rotatable bonds is 3. The minimum absolute atomic E-state index is 0.142. The topological polar surface area (TPSA) is 51.9 Å². The lowest BCUT2D eigenvalue weighted by Gasteiger charge is -2.05. The average molecular weight is 286 g/mol. The number of carbonyl (C=O) groups excluding carboxylic acids is 1. The van der Waals surface area contributed by atoms with Crippen LogP contribution in [0.15, 0.2) is 18.2 Å². The first kappa shape index (κ1) is 14.4. The summed E-state index contributed by atoms with van der Waals surface area (Å²) in [5.41, 5.74) is 5.44. The number of benzene rings is 1. The van der Waals surface area contributed by atoms with Crippen LogP contribution in [0, 0.1) is 6.92 Å². The first-order valence-corrected chi connectivity index (χ1v) is 6.14. The lowest BCUT2D eigenvalue weighted by Crippen LogP contribution is -2.35. The number of imidazole rings is 1. The summed E-state index contributed by atoms with van der Waals surface area (Å²) in [6.07, 6.45) is -4.42. The van der Waals surface area contributed by atoms with Gasteiger partial charge in [-0.3, -0.25) is 4.79 Å². The van der Waals surface area contributed by atoms with Gasteiger partial charge in [-0.25, -0.2) is 9.13 Å². The van der Waals surface area contributed by atoms with Gasteiger partial charge >= 0.3 is 6.18 Å². The molecule has 108 valence electrons. The van der Waals surface area contributed by atoms with Crippen LogP contribution >= 0.6 is 0 Å². The van der Waals surface area contributed by atoms with Gasteiger partial charge in [0.2, 0.25) is 0 Å². The fraction of sp³-hybridized carbons (Fsp3) is 0.385. The van der Waals surface area contributed by atoms with Crippen LogP contribution in [-0.4, -0.2) is 10.5 Å². The van der Waals surface area contributed by atoms with Crippen molar-refractivity contribution < 1.29 is 22.5 Å². The third-order valence-corrected chi connectivity index (χ3v) is 3.30. The molecule has 0 radical (unpaired) electrons. The van der Waals surface area contributed by atoms with Crippen LogP contribution in [0.25, 0.3) is 11.0 Å². The van der Waals surface area contributed by atoms with Crippen molar-refractivity contribution in [1.82, 2.24) is 4.57 Å². The summed E-state index contributed by atoms with van der Waals surface area (Å²) in [4.78, 5) is 11.1. The SMILES string of the molecule is CC[n+]1c(C)n(CC(N)=O)c2cc(C(F)(F)F)ccc21. The Hall–Kier alpha value is -2.05. The summed E-state index contributed by atoms with van der Waals surface area (Å²) in [7, 11) is 0. The minimum atomic E-state index is -4.42. The minimum Gasteiger partial charge on any atom is -0.366 e. The fourth-order valence-electron chi connectivity index (χ4n) is 2.39. The van der Waals surface area contributed by atoms with Crippen LogP contribution in [0.3, 0.4) is 0 Å². The Kier molecular flexibility index (Phi) is 3.45. The van der Waals surface area contributed by atoms with Crippen molar-refractivity contribution >= 4 is 16.9 Å².